The summed E-state index contributed by atoms with van der Waals surface area (Å²) in [5, 5.41) is 27.0. The van der Waals surface area contributed by atoms with Gasteiger partial charge in [-0.3, -0.25) is 25.7 Å². The molecule has 0 bridgehead atoms. The number of nitrogens with zero attached hydrogens (tertiary/aromatic N) is 3. The molecule has 1 unspecified atom stereocenters. The molecule has 4 rings (SSSR count). The van der Waals surface area contributed by atoms with Crippen molar-refractivity contribution in [2.45, 2.75) is 19.4 Å². The number of methoxy groups -OCH3 is 2. The second-order valence-corrected chi connectivity index (χ2v) is 8.12. The summed E-state index contributed by atoms with van der Waals surface area (Å²) in [6.45, 7) is 1.92. The van der Waals surface area contributed by atoms with E-state index in [1.165, 1.54) is 20.3 Å². The van der Waals surface area contributed by atoms with Gasteiger partial charge in [0.15, 0.2) is 11.5 Å². The maximum atomic E-state index is 12.7. The number of nitro benzene ring substituents is 2. The van der Waals surface area contributed by atoms with Crippen LogP contribution in [0.15, 0.2) is 59.7 Å². The molecule has 0 aliphatic carbocycles. The first-order valence-corrected chi connectivity index (χ1v) is 11.0. The van der Waals surface area contributed by atoms with Gasteiger partial charge in [0.25, 0.3) is 5.69 Å². The van der Waals surface area contributed by atoms with Gasteiger partial charge in [0.1, 0.15) is 17.4 Å². The Morgan fingerprint density at radius 1 is 1.03 bits per heavy atom. The summed E-state index contributed by atoms with van der Waals surface area (Å²) in [6.07, 6.45) is -0.582. The van der Waals surface area contributed by atoms with Gasteiger partial charge in [0, 0.05) is 18.1 Å². The minimum atomic E-state index is -0.731. The Hall–Kier alpha value is -5.00. The van der Waals surface area contributed by atoms with Gasteiger partial charge in [0.2, 0.25) is 0 Å². The number of nitro groups is 2. The number of fused-ring (bicyclic) bond motifs is 1. The molecule has 1 aliphatic rings. The molecule has 0 amide bonds. The summed E-state index contributed by atoms with van der Waals surface area (Å²) >= 11 is 0. The number of esters is 1. The smallest absolute Gasteiger partial charge is 0.343 e. The van der Waals surface area contributed by atoms with Crippen LogP contribution in [0, 0.1) is 27.2 Å². The third-order valence-corrected chi connectivity index (χ3v) is 5.84. The predicted octanol–water partition coefficient (Wildman–Crippen LogP) is 4.95. The molecule has 1 aliphatic heterocycles. The molecule has 3 aromatic rings. The van der Waals surface area contributed by atoms with Crippen LogP contribution in [0.5, 0.6) is 11.5 Å². The standard InChI is InChI=1S/C25H22N4O8/c1-14-4-6-15(7-5-14)19(27-26-18-10-8-16(28(31)32)12-20(18)29(33)34)13-22-17-9-11-21(35-2)24(36-3)23(17)25(30)37-22/h4-12,22,26H,13H2,1-3H3/b27-19-. The second-order valence-electron chi connectivity index (χ2n) is 8.12. The van der Waals surface area contributed by atoms with Gasteiger partial charge < -0.3 is 14.2 Å². The fourth-order valence-corrected chi connectivity index (χ4v) is 3.98. The molecule has 0 spiro atoms. The van der Waals surface area contributed by atoms with E-state index in [9.17, 15) is 25.0 Å². The number of aryl methyl sites for hydroxylation is 1. The molecule has 190 valence electrons. The molecule has 37 heavy (non-hydrogen) atoms. The summed E-state index contributed by atoms with van der Waals surface area (Å²) in [7, 11) is 2.90. The van der Waals surface area contributed by atoms with Crippen LogP contribution >= 0.6 is 0 Å². The molecule has 0 fully saturated rings. The summed E-state index contributed by atoms with van der Waals surface area (Å²) < 4.78 is 16.3. The molecule has 0 radical (unpaired) electrons. The lowest BCUT2D eigenvalue weighted by Crippen LogP contribution is -2.11. The summed E-state index contributed by atoms with van der Waals surface area (Å²) in [4.78, 5) is 33.9. The Morgan fingerprint density at radius 2 is 1.76 bits per heavy atom. The quantitative estimate of drug-likeness (QED) is 0.184. The second kappa shape index (κ2) is 10.3. The van der Waals surface area contributed by atoms with Crippen LogP contribution in [0.25, 0.3) is 0 Å². The Balaban J connectivity index is 1.73. The van der Waals surface area contributed by atoms with Gasteiger partial charge in [-0.15, -0.1) is 0 Å². The number of hydrogen-bond acceptors (Lipinski definition) is 10. The Morgan fingerprint density at radius 3 is 2.38 bits per heavy atom. The van der Waals surface area contributed by atoms with Crippen molar-refractivity contribution in [2.75, 3.05) is 19.6 Å². The molecule has 12 heteroatoms. The van der Waals surface area contributed by atoms with Crippen molar-refractivity contribution in [1.82, 2.24) is 0 Å². The zero-order chi connectivity index (χ0) is 26.7. The number of rotatable bonds is 9. The molecule has 0 aromatic heterocycles. The first-order chi connectivity index (χ1) is 17.7. The highest BCUT2D eigenvalue weighted by atomic mass is 16.6. The van der Waals surface area contributed by atoms with Gasteiger partial charge in [-0.05, 0) is 24.6 Å². The lowest BCUT2D eigenvalue weighted by atomic mass is 9.97. The molecule has 1 heterocycles. The number of non-ortho nitro benzene ring substituents is 1. The van der Waals surface area contributed by atoms with Gasteiger partial charge in [-0.2, -0.15) is 5.10 Å². The highest BCUT2D eigenvalue weighted by molar-refractivity contribution is 6.03. The van der Waals surface area contributed by atoms with E-state index < -0.39 is 33.3 Å². The largest absolute Gasteiger partial charge is 0.493 e. The zero-order valence-electron chi connectivity index (χ0n) is 20.1. The van der Waals surface area contributed by atoms with E-state index in [2.05, 4.69) is 10.5 Å². The van der Waals surface area contributed by atoms with Crippen LogP contribution in [0.2, 0.25) is 0 Å². The minimum absolute atomic E-state index is 0.0320. The molecular weight excluding hydrogens is 484 g/mol. The molecule has 0 saturated heterocycles. The number of benzene rings is 3. The van der Waals surface area contributed by atoms with Crippen LogP contribution in [-0.2, 0) is 4.74 Å². The van der Waals surface area contributed by atoms with Crippen molar-refractivity contribution in [3.63, 3.8) is 0 Å². The summed E-state index contributed by atoms with van der Waals surface area (Å²) in [6, 6.07) is 14.0. The van der Waals surface area contributed by atoms with Crippen molar-refractivity contribution in [1.29, 1.82) is 0 Å². The lowest BCUT2D eigenvalue weighted by Gasteiger charge is -2.15. The monoisotopic (exact) mass is 506 g/mol. The van der Waals surface area contributed by atoms with Gasteiger partial charge in [-0.1, -0.05) is 35.9 Å². The minimum Gasteiger partial charge on any atom is -0.493 e. The maximum absolute atomic E-state index is 12.7. The number of carbonyl (C=O) groups excluding carboxylic acids is 1. The highest BCUT2D eigenvalue weighted by Gasteiger charge is 2.36. The predicted molar refractivity (Wildman–Crippen MR) is 133 cm³/mol. The van der Waals surface area contributed by atoms with E-state index in [1.807, 2.05) is 31.2 Å². The molecule has 3 aromatic carbocycles. The van der Waals surface area contributed by atoms with E-state index in [4.69, 9.17) is 14.2 Å². The Bertz CT molecular complexity index is 1420. The van der Waals surface area contributed by atoms with E-state index in [0.717, 1.165) is 17.7 Å². The SMILES string of the molecule is COc1ccc2c(c1OC)C(=O)OC2C/C(=N/Nc1ccc([N+](=O)[O-])cc1[N+](=O)[O-])c1ccc(C)cc1. The molecule has 12 nitrogen and oxygen atoms in total. The molecule has 0 saturated carbocycles. The maximum Gasteiger partial charge on any atom is 0.343 e. The van der Waals surface area contributed by atoms with Gasteiger partial charge in [0.05, 0.1) is 35.8 Å². The van der Waals surface area contributed by atoms with E-state index >= 15 is 0 Å². The number of cyclic esters (lactones) is 1. The summed E-state index contributed by atoms with van der Waals surface area (Å²) in [5.41, 5.74) is 4.69. The van der Waals surface area contributed by atoms with Crippen molar-refractivity contribution < 1.29 is 28.9 Å². The van der Waals surface area contributed by atoms with Crippen LogP contribution in [0.4, 0.5) is 17.1 Å². The van der Waals surface area contributed by atoms with Gasteiger partial charge in [-0.25, -0.2) is 4.79 Å². The normalized spacial score (nSPS) is 14.5. The average molecular weight is 506 g/mol. The van der Waals surface area contributed by atoms with Crippen LogP contribution in [0.3, 0.4) is 0 Å². The van der Waals surface area contributed by atoms with Crippen LogP contribution < -0.4 is 14.9 Å². The van der Waals surface area contributed by atoms with Crippen LogP contribution in [-0.4, -0.2) is 35.7 Å². The first-order valence-electron chi connectivity index (χ1n) is 11.0. The number of anilines is 1. The fraction of sp³-hybridized carbons (Fsp3) is 0.200. The number of nitrogens with one attached hydrogen (secondary N) is 1. The third kappa shape index (κ3) is 5.03. The van der Waals surface area contributed by atoms with Crippen molar-refractivity contribution in [3.8, 4) is 11.5 Å². The van der Waals surface area contributed by atoms with Crippen molar-refractivity contribution >= 4 is 28.7 Å². The Kier molecular flexibility index (Phi) is 7.00. The molecule has 1 N–H and O–H groups in total. The Labute approximate surface area is 210 Å². The van der Waals surface area contributed by atoms with E-state index in [-0.39, 0.29) is 23.4 Å². The fourth-order valence-electron chi connectivity index (χ4n) is 3.98. The topological polar surface area (TPSA) is 155 Å². The highest BCUT2D eigenvalue weighted by Crippen LogP contribution is 2.43. The summed E-state index contributed by atoms with van der Waals surface area (Å²) in [5.74, 6) is 0.0809. The van der Waals surface area contributed by atoms with E-state index in [0.29, 0.717) is 22.6 Å². The van der Waals surface area contributed by atoms with Crippen molar-refractivity contribution in [2.24, 2.45) is 5.10 Å². The van der Waals surface area contributed by atoms with Crippen LogP contribution in [0.1, 0.15) is 39.6 Å². The van der Waals surface area contributed by atoms with Crippen molar-refractivity contribution in [3.05, 3.63) is 97.1 Å². The first kappa shape index (κ1) is 25.1. The van der Waals surface area contributed by atoms with Gasteiger partial charge >= 0.3 is 11.7 Å². The van der Waals surface area contributed by atoms with E-state index in [1.54, 1.807) is 12.1 Å². The molecule has 1 atom stereocenters. The number of hydrazone groups is 1. The number of ether oxygens (including phenoxy) is 3. The lowest BCUT2D eigenvalue weighted by molar-refractivity contribution is -0.393. The average Bonchev–Trinajstić information content (AvgIpc) is 3.21. The number of carbonyl (C=O) groups is 1. The number of hydrogen-bond donors (Lipinski definition) is 1. The zero-order valence-corrected chi connectivity index (χ0v) is 20.1. The third-order valence-electron chi connectivity index (χ3n) is 5.84. The molecular formula is C25H22N4O8.